The van der Waals surface area contributed by atoms with Gasteiger partial charge in [-0.1, -0.05) is 19.0 Å². The van der Waals surface area contributed by atoms with Crippen molar-refractivity contribution in [3.8, 4) is 0 Å². The summed E-state index contributed by atoms with van der Waals surface area (Å²) in [7, 11) is 0. The van der Waals surface area contributed by atoms with Gasteiger partial charge in [-0.3, -0.25) is 0 Å². The van der Waals surface area contributed by atoms with Gasteiger partial charge in [0.2, 0.25) is 5.89 Å². The molecule has 0 aromatic carbocycles. The van der Waals surface area contributed by atoms with E-state index in [2.05, 4.69) is 14.9 Å². The monoisotopic (exact) mass is 281 g/mol. The Bertz CT molecular complexity index is 380. The Morgan fingerprint density at radius 3 is 2.63 bits per heavy atom. The predicted octanol–water partition coefficient (Wildman–Crippen LogP) is 2.24. The van der Waals surface area contributed by atoms with Crippen molar-refractivity contribution in [1.82, 2.24) is 10.1 Å². The first-order chi connectivity index (χ1) is 8.78. The van der Waals surface area contributed by atoms with Gasteiger partial charge in [-0.05, 0) is 12.3 Å². The number of hydrogen-bond donors (Lipinski definition) is 1. The Hall–Kier alpha value is -1.15. The molecule has 2 N–H and O–H groups in total. The van der Waals surface area contributed by atoms with Gasteiger partial charge in [0, 0.05) is 6.42 Å². The van der Waals surface area contributed by atoms with Crippen LogP contribution in [0.15, 0.2) is 4.52 Å². The number of aromatic nitrogens is 2. The maximum atomic E-state index is 11.8. The van der Waals surface area contributed by atoms with Crippen LogP contribution in [0.25, 0.3) is 0 Å². The average molecular weight is 281 g/mol. The molecule has 8 heteroatoms. The van der Waals surface area contributed by atoms with Crippen LogP contribution < -0.4 is 5.73 Å². The van der Waals surface area contributed by atoms with E-state index in [4.69, 9.17) is 10.3 Å². The van der Waals surface area contributed by atoms with Crippen molar-refractivity contribution >= 4 is 0 Å². The van der Waals surface area contributed by atoms with Gasteiger partial charge in [0.15, 0.2) is 5.82 Å². The lowest BCUT2D eigenvalue weighted by atomic mass is 10.0. The van der Waals surface area contributed by atoms with Gasteiger partial charge >= 0.3 is 6.18 Å². The molecule has 1 rings (SSSR count). The van der Waals surface area contributed by atoms with E-state index in [1.54, 1.807) is 0 Å². The molecule has 0 unspecified atom stereocenters. The Kier molecular flexibility index (Phi) is 5.74. The highest BCUT2D eigenvalue weighted by atomic mass is 19.4. The Morgan fingerprint density at radius 1 is 1.37 bits per heavy atom. The van der Waals surface area contributed by atoms with Gasteiger partial charge in [-0.2, -0.15) is 18.2 Å². The number of ether oxygens (including phenoxy) is 1. The second-order valence-corrected chi connectivity index (χ2v) is 4.70. The highest BCUT2D eigenvalue weighted by Crippen LogP contribution is 2.17. The normalized spacial score (nSPS) is 14.1. The van der Waals surface area contributed by atoms with E-state index in [-0.39, 0.29) is 19.1 Å². The van der Waals surface area contributed by atoms with Crippen molar-refractivity contribution in [2.24, 2.45) is 11.7 Å². The smallest absolute Gasteiger partial charge is 0.372 e. The molecule has 0 spiro atoms. The fraction of sp³-hybridized carbons (Fsp3) is 0.818. The third-order valence-electron chi connectivity index (χ3n) is 2.26. The molecule has 0 aliphatic rings. The molecule has 110 valence electrons. The molecule has 1 atom stereocenters. The number of halogens is 3. The molecule has 0 radical (unpaired) electrons. The van der Waals surface area contributed by atoms with Gasteiger partial charge in [-0.15, -0.1) is 0 Å². The third-order valence-corrected chi connectivity index (χ3v) is 2.26. The molecule has 1 aromatic heterocycles. The maximum absolute atomic E-state index is 11.8. The zero-order chi connectivity index (χ0) is 14.5. The standard InChI is InChI=1S/C11H18F3N3O2/c1-7(2)5-8(15)10-16-9(17-19-10)3-4-18-6-11(12,13)14/h7-8H,3-6,15H2,1-2H3/t8-/m0/s1. The number of hydrogen-bond acceptors (Lipinski definition) is 5. The quantitative estimate of drug-likeness (QED) is 0.776. The second kappa shape index (κ2) is 6.85. The lowest BCUT2D eigenvalue weighted by Gasteiger charge is -2.08. The lowest BCUT2D eigenvalue weighted by molar-refractivity contribution is -0.173. The highest BCUT2D eigenvalue weighted by molar-refractivity contribution is 4.92. The third kappa shape index (κ3) is 6.53. The van der Waals surface area contributed by atoms with Crippen LogP contribution in [0.5, 0.6) is 0 Å². The Labute approximate surface area is 109 Å². The van der Waals surface area contributed by atoms with Gasteiger partial charge in [0.05, 0.1) is 12.6 Å². The van der Waals surface area contributed by atoms with Crippen LogP contribution in [0.2, 0.25) is 0 Å². The summed E-state index contributed by atoms with van der Waals surface area (Å²) in [6, 6.07) is -0.350. The first-order valence-electron chi connectivity index (χ1n) is 6.00. The van der Waals surface area contributed by atoms with Gasteiger partial charge in [0.1, 0.15) is 6.61 Å². The molecule has 0 fully saturated rings. The number of alkyl halides is 3. The fourth-order valence-electron chi connectivity index (χ4n) is 1.48. The lowest BCUT2D eigenvalue weighted by Crippen LogP contribution is -2.18. The van der Waals surface area contributed by atoms with E-state index < -0.39 is 12.8 Å². The van der Waals surface area contributed by atoms with E-state index in [9.17, 15) is 13.2 Å². The molecule has 0 bridgehead atoms. The summed E-state index contributed by atoms with van der Waals surface area (Å²) in [5.74, 6) is 0.997. The predicted molar refractivity (Wildman–Crippen MR) is 61.3 cm³/mol. The van der Waals surface area contributed by atoms with Crippen LogP contribution in [-0.4, -0.2) is 29.5 Å². The highest BCUT2D eigenvalue weighted by Gasteiger charge is 2.27. The average Bonchev–Trinajstić information content (AvgIpc) is 2.71. The minimum absolute atomic E-state index is 0.113. The zero-order valence-electron chi connectivity index (χ0n) is 10.9. The van der Waals surface area contributed by atoms with Crippen molar-refractivity contribution in [3.63, 3.8) is 0 Å². The van der Waals surface area contributed by atoms with Crippen LogP contribution in [0, 0.1) is 5.92 Å². The molecule has 0 saturated carbocycles. The van der Waals surface area contributed by atoms with Crippen LogP contribution in [-0.2, 0) is 11.2 Å². The fourth-order valence-corrected chi connectivity index (χ4v) is 1.48. The summed E-state index contributed by atoms with van der Waals surface area (Å²) in [5, 5.41) is 3.65. The van der Waals surface area contributed by atoms with Crippen LogP contribution in [0.3, 0.4) is 0 Å². The van der Waals surface area contributed by atoms with E-state index in [0.29, 0.717) is 24.1 Å². The van der Waals surface area contributed by atoms with Gasteiger partial charge in [-0.25, -0.2) is 0 Å². The minimum atomic E-state index is -4.32. The summed E-state index contributed by atoms with van der Waals surface area (Å²) < 4.78 is 44.9. The summed E-state index contributed by atoms with van der Waals surface area (Å²) >= 11 is 0. The van der Waals surface area contributed by atoms with Crippen molar-refractivity contribution < 1.29 is 22.4 Å². The summed E-state index contributed by atoms with van der Waals surface area (Å²) in [4.78, 5) is 4.03. The number of nitrogens with two attached hydrogens (primary N) is 1. The molecular formula is C11H18F3N3O2. The van der Waals surface area contributed by atoms with Crippen LogP contribution >= 0.6 is 0 Å². The van der Waals surface area contributed by atoms with Gasteiger partial charge in [0.25, 0.3) is 0 Å². The molecule has 0 saturated heterocycles. The molecule has 0 aliphatic heterocycles. The molecular weight excluding hydrogens is 263 g/mol. The first-order valence-corrected chi connectivity index (χ1v) is 6.00. The van der Waals surface area contributed by atoms with Crippen LogP contribution in [0.4, 0.5) is 13.2 Å². The Morgan fingerprint density at radius 2 is 2.05 bits per heavy atom. The number of rotatable bonds is 7. The van der Waals surface area contributed by atoms with Gasteiger partial charge < -0.3 is 15.0 Å². The first kappa shape index (κ1) is 15.9. The van der Waals surface area contributed by atoms with Crippen molar-refractivity contribution in [3.05, 3.63) is 11.7 Å². The summed E-state index contributed by atoms with van der Waals surface area (Å²) in [5.41, 5.74) is 5.84. The van der Waals surface area contributed by atoms with E-state index in [0.717, 1.165) is 0 Å². The maximum Gasteiger partial charge on any atom is 0.411 e. The summed E-state index contributed by atoms with van der Waals surface area (Å²) in [6.07, 6.45) is -3.46. The summed E-state index contributed by atoms with van der Waals surface area (Å²) in [6.45, 7) is 2.65. The number of nitrogens with zero attached hydrogens (tertiary/aromatic N) is 2. The van der Waals surface area contributed by atoms with Crippen LogP contribution in [0.1, 0.15) is 38.0 Å². The largest absolute Gasteiger partial charge is 0.411 e. The molecule has 0 amide bonds. The molecule has 5 nitrogen and oxygen atoms in total. The van der Waals surface area contributed by atoms with Crippen molar-refractivity contribution in [2.75, 3.05) is 13.2 Å². The molecule has 19 heavy (non-hydrogen) atoms. The Balaban J connectivity index is 2.34. The molecule has 1 heterocycles. The minimum Gasteiger partial charge on any atom is -0.372 e. The van der Waals surface area contributed by atoms with Crippen molar-refractivity contribution in [2.45, 2.75) is 38.9 Å². The second-order valence-electron chi connectivity index (χ2n) is 4.70. The van der Waals surface area contributed by atoms with Crippen molar-refractivity contribution in [1.29, 1.82) is 0 Å². The molecule has 0 aliphatic carbocycles. The SMILES string of the molecule is CC(C)C[C@H](N)c1nc(CCOCC(F)(F)F)no1. The van der Waals surface area contributed by atoms with E-state index in [1.807, 2.05) is 13.8 Å². The van der Waals surface area contributed by atoms with E-state index >= 15 is 0 Å². The zero-order valence-corrected chi connectivity index (χ0v) is 10.9. The van der Waals surface area contributed by atoms with E-state index in [1.165, 1.54) is 0 Å². The topological polar surface area (TPSA) is 74.2 Å². The molecule has 1 aromatic rings.